The first-order valence-corrected chi connectivity index (χ1v) is 11.1. The number of amides is 1. The van der Waals surface area contributed by atoms with Crippen molar-refractivity contribution >= 4 is 44.8 Å². The molecule has 3 rings (SSSR count). The van der Waals surface area contributed by atoms with Gasteiger partial charge in [0.1, 0.15) is 6.04 Å². The fourth-order valence-corrected chi connectivity index (χ4v) is 4.37. The zero-order valence-electron chi connectivity index (χ0n) is 16.6. The summed E-state index contributed by atoms with van der Waals surface area (Å²) < 4.78 is 30.1. The van der Waals surface area contributed by atoms with Gasteiger partial charge in [0, 0.05) is 19.0 Å². The summed E-state index contributed by atoms with van der Waals surface area (Å²) in [5.74, 6) is -0.829. The van der Waals surface area contributed by atoms with Gasteiger partial charge in [-0.05, 0) is 30.5 Å². The molecular weight excluding hydrogens is 426 g/mol. The SMILES string of the molecule is C=C(C)[C@@H](N=C1NS(=O)(=O)N=C1Nc1cccc(C(=O)N(C)C)c1O)c1cccs1. The number of phenols is 1. The van der Waals surface area contributed by atoms with Crippen molar-refractivity contribution in [2.24, 2.45) is 9.39 Å². The number of aromatic hydroxyl groups is 1. The number of aliphatic imine (C=N–C) groups is 1. The zero-order valence-corrected chi connectivity index (χ0v) is 18.2. The van der Waals surface area contributed by atoms with Crippen LogP contribution < -0.4 is 10.0 Å². The predicted octanol–water partition coefficient (Wildman–Crippen LogP) is 2.53. The van der Waals surface area contributed by atoms with Gasteiger partial charge in [0.2, 0.25) is 0 Å². The molecule has 1 aliphatic heterocycles. The van der Waals surface area contributed by atoms with E-state index in [0.717, 1.165) is 10.5 Å². The minimum Gasteiger partial charge on any atom is -0.505 e. The van der Waals surface area contributed by atoms with Crippen LogP contribution in [0.3, 0.4) is 0 Å². The molecule has 158 valence electrons. The van der Waals surface area contributed by atoms with Crippen LogP contribution in [0.15, 0.2) is 57.3 Å². The lowest BCUT2D eigenvalue weighted by Gasteiger charge is -2.15. The Labute approximate surface area is 178 Å². The lowest BCUT2D eigenvalue weighted by atomic mass is 10.1. The quantitative estimate of drug-likeness (QED) is 0.480. The second kappa shape index (κ2) is 8.28. The Morgan fingerprint density at radius 2 is 2.07 bits per heavy atom. The molecule has 0 spiro atoms. The topological polar surface area (TPSA) is 123 Å². The third-order valence-corrected chi connectivity index (χ3v) is 5.92. The molecule has 3 N–H and O–H groups in total. The van der Waals surface area contributed by atoms with E-state index in [4.69, 9.17) is 0 Å². The summed E-state index contributed by atoms with van der Waals surface area (Å²) in [4.78, 5) is 18.9. The first-order chi connectivity index (χ1) is 14.1. The molecule has 1 aromatic heterocycles. The van der Waals surface area contributed by atoms with Crippen LogP contribution in [-0.4, -0.2) is 50.1 Å². The highest BCUT2D eigenvalue weighted by Crippen LogP contribution is 2.31. The van der Waals surface area contributed by atoms with Crippen LogP contribution in [0.1, 0.15) is 28.2 Å². The fourth-order valence-electron chi connectivity index (χ4n) is 2.70. The van der Waals surface area contributed by atoms with Crippen molar-refractivity contribution in [2.45, 2.75) is 13.0 Å². The average Bonchev–Trinajstić information content (AvgIpc) is 3.28. The molecule has 0 radical (unpaired) electrons. The summed E-state index contributed by atoms with van der Waals surface area (Å²) >= 11 is 1.47. The number of benzene rings is 1. The highest BCUT2D eigenvalue weighted by atomic mass is 32.2. The van der Waals surface area contributed by atoms with Crippen molar-refractivity contribution < 1.29 is 18.3 Å². The van der Waals surface area contributed by atoms with Gasteiger partial charge in [-0.1, -0.05) is 24.3 Å². The number of anilines is 1. The van der Waals surface area contributed by atoms with Crippen LogP contribution in [0.2, 0.25) is 0 Å². The molecule has 0 saturated heterocycles. The minimum absolute atomic E-state index is 0.0138. The van der Waals surface area contributed by atoms with Gasteiger partial charge in [-0.15, -0.1) is 15.7 Å². The van der Waals surface area contributed by atoms with E-state index in [2.05, 4.69) is 26.0 Å². The molecule has 9 nitrogen and oxygen atoms in total. The second-order valence-corrected chi connectivity index (χ2v) is 9.10. The van der Waals surface area contributed by atoms with Crippen LogP contribution in [0.25, 0.3) is 0 Å². The van der Waals surface area contributed by atoms with Crippen molar-refractivity contribution in [2.75, 3.05) is 19.4 Å². The summed E-state index contributed by atoms with van der Waals surface area (Å²) in [6.07, 6.45) is 0. The van der Waals surface area contributed by atoms with Crippen LogP contribution >= 0.6 is 11.3 Å². The van der Waals surface area contributed by atoms with Crippen molar-refractivity contribution in [1.29, 1.82) is 0 Å². The number of hydrogen-bond acceptors (Lipinski definition) is 7. The Morgan fingerprint density at radius 1 is 1.33 bits per heavy atom. The average molecular weight is 448 g/mol. The molecule has 0 unspecified atom stereocenters. The third-order valence-electron chi connectivity index (χ3n) is 4.12. The summed E-state index contributed by atoms with van der Waals surface area (Å²) in [7, 11) is -0.872. The molecule has 2 heterocycles. The minimum atomic E-state index is -4.00. The van der Waals surface area contributed by atoms with Gasteiger partial charge in [0.15, 0.2) is 17.4 Å². The Kier molecular flexibility index (Phi) is 5.94. The maximum absolute atomic E-state index is 12.2. The van der Waals surface area contributed by atoms with Crippen molar-refractivity contribution in [3.8, 4) is 5.75 Å². The molecule has 30 heavy (non-hydrogen) atoms. The fraction of sp³-hybridized carbons (Fsp3) is 0.211. The normalized spacial score (nSPS) is 17.2. The number of nitrogens with one attached hydrogen (secondary N) is 2. The summed E-state index contributed by atoms with van der Waals surface area (Å²) in [5, 5.41) is 15.2. The molecule has 1 amide bonds. The van der Waals surface area contributed by atoms with Crippen LogP contribution in [0, 0.1) is 0 Å². The summed E-state index contributed by atoms with van der Waals surface area (Å²) in [5.41, 5.74) is 0.907. The molecule has 1 atom stereocenters. The Bertz CT molecular complexity index is 1150. The van der Waals surface area contributed by atoms with E-state index in [1.165, 1.54) is 28.4 Å². The van der Waals surface area contributed by atoms with E-state index >= 15 is 0 Å². The number of para-hydroxylation sites is 1. The van der Waals surface area contributed by atoms with E-state index in [0.29, 0.717) is 0 Å². The second-order valence-electron chi connectivity index (χ2n) is 6.79. The summed E-state index contributed by atoms with van der Waals surface area (Å²) in [6, 6.07) is 7.81. The van der Waals surface area contributed by atoms with E-state index in [1.807, 2.05) is 17.5 Å². The molecule has 11 heteroatoms. The molecule has 1 aromatic carbocycles. The molecule has 0 aliphatic carbocycles. The highest BCUT2D eigenvalue weighted by Gasteiger charge is 2.29. The number of carbonyl (C=O) groups is 1. The monoisotopic (exact) mass is 447 g/mol. The van der Waals surface area contributed by atoms with Crippen LogP contribution in [0.5, 0.6) is 5.75 Å². The molecule has 0 fully saturated rings. The Balaban J connectivity index is 1.99. The largest absolute Gasteiger partial charge is 0.505 e. The van der Waals surface area contributed by atoms with E-state index < -0.39 is 22.2 Å². The van der Waals surface area contributed by atoms with Gasteiger partial charge >= 0.3 is 10.2 Å². The number of amidine groups is 2. The van der Waals surface area contributed by atoms with E-state index in [9.17, 15) is 18.3 Å². The number of rotatable bonds is 5. The Morgan fingerprint density at radius 3 is 2.67 bits per heavy atom. The lowest BCUT2D eigenvalue weighted by Crippen LogP contribution is -2.31. The number of phenolic OH excluding ortho intramolecular Hbond substituents is 1. The number of nitrogens with zero attached hydrogens (tertiary/aromatic N) is 3. The lowest BCUT2D eigenvalue weighted by molar-refractivity contribution is 0.0824. The first-order valence-electron chi connectivity index (χ1n) is 8.79. The van der Waals surface area contributed by atoms with Gasteiger partial charge in [-0.3, -0.25) is 9.79 Å². The van der Waals surface area contributed by atoms with E-state index in [1.54, 1.807) is 27.1 Å². The predicted molar refractivity (Wildman–Crippen MR) is 119 cm³/mol. The van der Waals surface area contributed by atoms with Gasteiger partial charge in [-0.2, -0.15) is 8.42 Å². The molecule has 0 saturated carbocycles. The van der Waals surface area contributed by atoms with Crippen molar-refractivity contribution in [1.82, 2.24) is 9.62 Å². The molecular formula is C19H21N5O4S2. The van der Waals surface area contributed by atoms with Crippen molar-refractivity contribution in [3.05, 3.63) is 58.3 Å². The summed E-state index contributed by atoms with van der Waals surface area (Å²) in [6.45, 7) is 5.74. The zero-order chi connectivity index (χ0) is 22.1. The van der Waals surface area contributed by atoms with Gasteiger partial charge < -0.3 is 15.3 Å². The molecule has 1 aliphatic rings. The van der Waals surface area contributed by atoms with Crippen LogP contribution in [0.4, 0.5) is 5.69 Å². The van der Waals surface area contributed by atoms with Gasteiger partial charge in [0.05, 0.1) is 11.3 Å². The molecule has 2 aromatic rings. The smallest absolute Gasteiger partial charge is 0.345 e. The van der Waals surface area contributed by atoms with Gasteiger partial charge in [-0.25, -0.2) is 4.72 Å². The highest BCUT2D eigenvalue weighted by molar-refractivity contribution is 7.89. The van der Waals surface area contributed by atoms with Crippen molar-refractivity contribution in [3.63, 3.8) is 0 Å². The maximum Gasteiger partial charge on any atom is 0.345 e. The number of thiophene rings is 1. The number of carbonyl (C=O) groups excluding carboxylic acids is 1. The molecule has 0 bridgehead atoms. The first kappa shape index (κ1) is 21.5. The van der Waals surface area contributed by atoms with Crippen LogP contribution in [-0.2, 0) is 10.2 Å². The number of hydrogen-bond donors (Lipinski definition) is 3. The van der Waals surface area contributed by atoms with E-state index in [-0.39, 0.29) is 28.7 Å². The maximum atomic E-state index is 12.2. The standard InChI is InChI=1S/C19H21N5O4S2/c1-11(2)15(14-9-6-10-29-14)21-18-17(22-30(27,28)23-18)20-13-8-5-7-12(16(13)25)19(26)24(3)4/h5-10,15,25H,1H2,2-4H3,(H,20,22)(H,21,23)/t15-/m1/s1. The third kappa shape index (κ3) is 4.52. The Hall–Kier alpha value is -3.18. The van der Waals surface area contributed by atoms with Gasteiger partial charge in [0.25, 0.3) is 5.91 Å².